The van der Waals surface area contributed by atoms with E-state index in [-0.39, 0.29) is 18.2 Å². The molecule has 36 heavy (non-hydrogen) atoms. The Morgan fingerprint density at radius 1 is 1.06 bits per heavy atom. The Kier molecular flexibility index (Phi) is 8.15. The van der Waals surface area contributed by atoms with Crippen LogP contribution >= 0.6 is 11.8 Å². The van der Waals surface area contributed by atoms with Crippen molar-refractivity contribution in [2.24, 2.45) is 4.99 Å². The van der Waals surface area contributed by atoms with E-state index in [0.29, 0.717) is 36.7 Å². The Morgan fingerprint density at radius 3 is 2.47 bits per heavy atom. The van der Waals surface area contributed by atoms with Gasteiger partial charge in [0.2, 0.25) is 5.91 Å². The summed E-state index contributed by atoms with van der Waals surface area (Å²) in [6.45, 7) is 9.51. The van der Waals surface area contributed by atoms with E-state index in [4.69, 9.17) is 9.73 Å². The number of likely N-dealkylation sites (N-methyl/N-ethyl adjacent to an activating group) is 1. The molecule has 0 spiro atoms. The highest BCUT2D eigenvalue weighted by atomic mass is 32.2. The minimum absolute atomic E-state index is 0.0473. The van der Waals surface area contributed by atoms with E-state index in [0.717, 1.165) is 22.2 Å². The average molecular weight is 505 g/mol. The predicted molar refractivity (Wildman–Crippen MR) is 145 cm³/mol. The molecule has 2 aliphatic rings. The maximum atomic E-state index is 13.8. The Hall–Kier alpha value is -3.52. The molecule has 0 saturated carbocycles. The number of benzene rings is 2. The minimum Gasteiger partial charge on any atom is -0.457 e. The molecule has 0 bridgehead atoms. The molecule has 4 rings (SSSR count). The Bertz CT molecular complexity index is 1220. The molecule has 0 fully saturated rings. The number of aliphatic imine (C=N–C) groups is 1. The number of allylic oxidation sites excluding steroid dienone is 1. The number of hydrogen-bond donors (Lipinski definition) is 1. The van der Waals surface area contributed by atoms with E-state index in [1.54, 1.807) is 0 Å². The summed E-state index contributed by atoms with van der Waals surface area (Å²) in [5.74, 6) is 1.30. The van der Waals surface area contributed by atoms with Crippen molar-refractivity contribution < 1.29 is 14.3 Å². The van der Waals surface area contributed by atoms with Crippen LogP contribution in [-0.2, 0) is 9.59 Å². The fraction of sp³-hybridized carbons (Fsp3) is 0.321. The van der Waals surface area contributed by atoms with Gasteiger partial charge in [0.15, 0.2) is 5.17 Å². The number of carbonyl (C=O) groups is 2. The van der Waals surface area contributed by atoms with Crippen molar-refractivity contribution in [2.75, 3.05) is 19.6 Å². The van der Waals surface area contributed by atoms with Crippen molar-refractivity contribution >= 4 is 28.7 Å². The van der Waals surface area contributed by atoms with Crippen molar-refractivity contribution in [1.82, 2.24) is 15.1 Å². The third-order valence-electron chi connectivity index (χ3n) is 6.15. The topological polar surface area (TPSA) is 74.2 Å². The highest BCUT2D eigenvalue weighted by Gasteiger charge is 2.41. The van der Waals surface area contributed by atoms with E-state index < -0.39 is 6.04 Å². The maximum absolute atomic E-state index is 13.8. The van der Waals surface area contributed by atoms with Crippen LogP contribution in [0.15, 0.2) is 82.0 Å². The van der Waals surface area contributed by atoms with Gasteiger partial charge in [0.25, 0.3) is 5.91 Å². The van der Waals surface area contributed by atoms with Gasteiger partial charge in [-0.15, -0.1) is 0 Å². The zero-order chi connectivity index (χ0) is 25.7. The van der Waals surface area contributed by atoms with Crippen molar-refractivity contribution in [3.05, 3.63) is 82.5 Å². The lowest BCUT2D eigenvalue weighted by molar-refractivity contribution is -0.127. The number of para-hydroxylation sites is 1. The van der Waals surface area contributed by atoms with E-state index in [1.807, 2.05) is 97.5 Å². The van der Waals surface area contributed by atoms with Gasteiger partial charge in [-0.1, -0.05) is 42.1 Å². The first-order chi connectivity index (χ1) is 17.5. The third kappa shape index (κ3) is 5.33. The standard InChI is InChI=1S/C28H32N4O3S/c1-5-29-24(33)17-21-18-36-28-30-19(4)25(27(34)31(6-2)7-3)26(32(21)28)20-12-11-15-23(16-20)35-22-13-9-8-10-14-22/h8-16,18,26H,5-7,17H2,1-4H3,(H,29,33)/t26-/m0/s1. The molecule has 0 aromatic heterocycles. The zero-order valence-electron chi connectivity index (χ0n) is 21.2. The van der Waals surface area contributed by atoms with E-state index in [2.05, 4.69) is 5.32 Å². The Balaban J connectivity index is 1.78. The van der Waals surface area contributed by atoms with Crippen molar-refractivity contribution in [3.63, 3.8) is 0 Å². The number of fused-ring (bicyclic) bond motifs is 1. The smallest absolute Gasteiger partial charge is 0.254 e. The van der Waals surface area contributed by atoms with Crippen LogP contribution in [0.4, 0.5) is 0 Å². The van der Waals surface area contributed by atoms with Crippen molar-refractivity contribution in [1.29, 1.82) is 0 Å². The first-order valence-electron chi connectivity index (χ1n) is 12.3. The fourth-order valence-corrected chi connectivity index (χ4v) is 5.40. The number of nitrogens with zero attached hydrogens (tertiary/aromatic N) is 3. The van der Waals surface area contributed by atoms with Crippen LogP contribution in [-0.4, -0.2) is 46.4 Å². The normalized spacial score (nSPS) is 16.8. The lowest BCUT2D eigenvalue weighted by Gasteiger charge is -2.38. The van der Waals surface area contributed by atoms with Crippen LogP contribution in [0.25, 0.3) is 0 Å². The molecule has 2 amide bonds. The molecule has 2 aromatic carbocycles. The number of ether oxygens (including phenoxy) is 1. The molecule has 0 saturated heterocycles. The van der Waals surface area contributed by atoms with Crippen LogP contribution < -0.4 is 10.1 Å². The Labute approximate surface area is 216 Å². The maximum Gasteiger partial charge on any atom is 0.254 e. The molecule has 0 unspecified atom stereocenters. The summed E-state index contributed by atoms with van der Waals surface area (Å²) >= 11 is 1.48. The second kappa shape index (κ2) is 11.5. The summed E-state index contributed by atoms with van der Waals surface area (Å²) in [6, 6.07) is 17.0. The summed E-state index contributed by atoms with van der Waals surface area (Å²) in [5.41, 5.74) is 3.03. The van der Waals surface area contributed by atoms with Gasteiger partial charge in [-0.05, 0) is 62.9 Å². The largest absolute Gasteiger partial charge is 0.457 e. The van der Waals surface area contributed by atoms with Gasteiger partial charge in [0.1, 0.15) is 11.5 Å². The molecule has 1 atom stereocenters. The molecule has 2 aromatic rings. The molecular weight excluding hydrogens is 472 g/mol. The Morgan fingerprint density at radius 2 is 1.78 bits per heavy atom. The van der Waals surface area contributed by atoms with Crippen LogP contribution in [0.3, 0.4) is 0 Å². The van der Waals surface area contributed by atoms with Gasteiger partial charge < -0.3 is 19.9 Å². The number of thioether (sulfide) groups is 1. The lowest BCUT2D eigenvalue weighted by Crippen LogP contribution is -2.42. The van der Waals surface area contributed by atoms with E-state index in [1.165, 1.54) is 11.8 Å². The molecule has 0 radical (unpaired) electrons. The summed E-state index contributed by atoms with van der Waals surface area (Å²) in [4.78, 5) is 34.9. The molecular formula is C28H32N4O3S. The second-order valence-electron chi connectivity index (χ2n) is 8.49. The number of carbonyl (C=O) groups excluding carboxylic acids is 2. The summed E-state index contributed by atoms with van der Waals surface area (Å²) in [6.07, 6.45) is 0.211. The molecule has 2 heterocycles. The number of nitrogens with one attached hydrogen (secondary N) is 1. The lowest BCUT2D eigenvalue weighted by atomic mass is 9.92. The quantitative estimate of drug-likeness (QED) is 0.492. The summed E-state index contributed by atoms with van der Waals surface area (Å²) in [5, 5.41) is 5.60. The predicted octanol–water partition coefficient (Wildman–Crippen LogP) is 5.45. The second-order valence-corrected chi connectivity index (χ2v) is 9.32. The van der Waals surface area contributed by atoms with Crippen LogP contribution in [0.5, 0.6) is 11.5 Å². The van der Waals surface area contributed by atoms with Gasteiger partial charge >= 0.3 is 0 Å². The van der Waals surface area contributed by atoms with Crippen molar-refractivity contribution in [2.45, 2.75) is 40.2 Å². The summed E-state index contributed by atoms with van der Waals surface area (Å²) in [7, 11) is 0. The van der Waals surface area contributed by atoms with Crippen LogP contribution in [0, 0.1) is 0 Å². The highest BCUT2D eigenvalue weighted by molar-refractivity contribution is 8.16. The van der Waals surface area contributed by atoms with E-state index in [9.17, 15) is 9.59 Å². The number of rotatable bonds is 9. The number of amides is 2. The van der Waals surface area contributed by atoms with Gasteiger partial charge in [0, 0.05) is 25.3 Å². The molecule has 7 nitrogen and oxygen atoms in total. The summed E-state index contributed by atoms with van der Waals surface area (Å²) < 4.78 is 6.11. The van der Waals surface area contributed by atoms with Gasteiger partial charge in [-0.25, -0.2) is 4.99 Å². The number of hydrogen-bond acceptors (Lipinski definition) is 6. The zero-order valence-corrected chi connectivity index (χ0v) is 22.0. The van der Waals surface area contributed by atoms with Gasteiger partial charge in [-0.2, -0.15) is 0 Å². The molecule has 1 N–H and O–H groups in total. The highest BCUT2D eigenvalue weighted by Crippen LogP contribution is 2.45. The molecule has 188 valence electrons. The first-order valence-corrected chi connectivity index (χ1v) is 13.2. The number of amidine groups is 1. The third-order valence-corrected chi connectivity index (χ3v) is 7.04. The van der Waals surface area contributed by atoms with Gasteiger partial charge in [-0.3, -0.25) is 9.59 Å². The first kappa shape index (κ1) is 25.6. The van der Waals surface area contributed by atoms with Crippen LogP contribution in [0.1, 0.15) is 45.7 Å². The fourth-order valence-electron chi connectivity index (χ4n) is 4.44. The average Bonchev–Trinajstić information content (AvgIpc) is 3.26. The SMILES string of the molecule is CCNC(=O)CC1=CSC2=NC(C)=C(C(=O)N(CC)CC)[C@H](c3cccc(Oc4ccccc4)c3)N12. The van der Waals surface area contributed by atoms with Crippen LogP contribution in [0.2, 0.25) is 0 Å². The van der Waals surface area contributed by atoms with E-state index >= 15 is 0 Å². The minimum atomic E-state index is -0.430. The molecule has 0 aliphatic carbocycles. The molecule has 2 aliphatic heterocycles. The molecule has 8 heteroatoms. The van der Waals surface area contributed by atoms with Crippen molar-refractivity contribution in [3.8, 4) is 11.5 Å². The van der Waals surface area contributed by atoms with Gasteiger partial charge in [0.05, 0.1) is 23.7 Å². The monoisotopic (exact) mass is 504 g/mol.